The molecule has 0 radical (unpaired) electrons. The highest BCUT2D eigenvalue weighted by Gasteiger charge is 2.14. The molecule has 3 aromatic rings. The molecule has 0 atom stereocenters. The zero-order valence-electron chi connectivity index (χ0n) is 15.6. The lowest BCUT2D eigenvalue weighted by molar-refractivity contribution is 0.102. The van der Waals surface area contributed by atoms with Gasteiger partial charge in [-0.05, 0) is 43.2 Å². The van der Waals surface area contributed by atoms with Gasteiger partial charge in [-0.2, -0.15) is 0 Å². The largest absolute Gasteiger partial charge is 0.497 e. The summed E-state index contributed by atoms with van der Waals surface area (Å²) in [6, 6.07) is 11.0. The third-order valence-corrected chi connectivity index (χ3v) is 4.98. The van der Waals surface area contributed by atoms with Crippen molar-refractivity contribution in [1.29, 1.82) is 0 Å². The molecule has 0 aliphatic rings. The summed E-state index contributed by atoms with van der Waals surface area (Å²) in [5.41, 5.74) is 3.63. The van der Waals surface area contributed by atoms with Gasteiger partial charge in [-0.3, -0.25) is 4.79 Å². The van der Waals surface area contributed by atoms with Crippen molar-refractivity contribution in [2.24, 2.45) is 0 Å². The van der Waals surface area contributed by atoms with E-state index in [0.29, 0.717) is 33.7 Å². The summed E-state index contributed by atoms with van der Waals surface area (Å²) < 4.78 is 16.2. The average Bonchev–Trinajstić information content (AvgIpc) is 3.16. The number of hydrogen-bond donors (Lipinski definition) is 0. The predicted molar refractivity (Wildman–Crippen MR) is 104 cm³/mol. The first kappa shape index (κ1) is 19.0. The molecule has 0 bridgehead atoms. The molecular formula is C20H20N2O4S. The van der Waals surface area contributed by atoms with Gasteiger partial charge in [0.1, 0.15) is 11.5 Å². The fourth-order valence-electron chi connectivity index (χ4n) is 2.44. The van der Waals surface area contributed by atoms with E-state index in [4.69, 9.17) is 13.9 Å². The minimum absolute atomic E-state index is 0.0194. The third-order valence-electron chi connectivity index (χ3n) is 4.16. The van der Waals surface area contributed by atoms with Crippen LogP contribution in [-0.2, 0) is 0 Å². The first-order valence-electron chi connectivity index (χ1n) is 8.30. The zero-order valence-corrected chi connectivity index (χ0v) is 16.4. The topological polar surface area (TPSA) is 74.5 Å². The van der Waals surface area contributed by atoms with Gasteiger partial charge in [0.05, 0.1) is 20.0 Å². The summed E-state index contributed by atoms with van der Waals surface area (Å²) in [5, 5.41) is 8.40. The maximum absolute atomic E-state index is 12.4. The number of ether oxygens (including phenoxy) is 2. The smallest absolute Gasteiger partial charge is 0.277 e. The van der Waals surface area contributed by atoms with Gasteiger partial charge in [0.2, 0.25) is 5.89 Å². The summed E-state index contributed by atoms with van der Waals surface area (Å²) in [7, 11) is 3.15. The number of aromatic nitrogens is 2. The van der Waals surface area contributed by atoms with Crippen molar-refractivity contribution in [1.82, 2.24) is 10.2 Å². The number of carbonyl (C=O) groups is 1. The Morgan fingerprint density at radius 1 is 1.00 bits per heavy atom. The summed E-state index contributed by atoms with van der Waals surface area (Å²) >= 11 is 1.22. The minimum atomic E-state index is 0.0194. The Morgan fingerprint density at radius 2 is 1.70 bits per heavy atom. The van der Waals surface area contributed by atoms with E-state index in [1.807, 2.05) is 32.0 Å². The molecule has 0 aliphatic heterocycles. The van der Waals surface area contributed by atoms with Gasteiger partial charge in [0.15, 0.2) is 5.78 Å². The molecule has 0 N–H and O–H groups in total. The quantitative estimate of drug-likeness (QED) is 0.443. The summed E-state index contributed by atoms with van der Waals surface area (Å²) in [5.74, 6) is 1.84. The Labute approximate surface area is 161 Å². The van der Waals surface area contributed by atoms with Gasteiger partial charge in [0.25, 0.3) is 5.22 Å². The highest BCUT2D eigenvalue weighted by molar-refractivity contribution is 7.99. The number of benzene rings is 2. The van der Waals surface area contributed by atoms with Gasteiger partial charge in [-0.1, -0.05) is 23.9 Å². The van der Waals surface area contributed by atoms with Crippen LogP contribution in [0.4, 0.5) is 0 Å². The van der Waals surface area contributed by atoms with Crippen LogP contribution >= 0.6 is 11.8 Å². The maximum atomic E-state index is 12.4. The lowest BCUT2D eigenvalue weighted by Gasteiger charge is -2.05. The van der Waals surface area contributed by atoms with Crippen molar-refractivity contribution < 1.29 is 18.7 Å². The number of methoxy groups -OCH3 is 2. The molecule has 7 heteroatoms. The average molecular weight is 384 g/mol. The molecule has 0 unspecified atom stereocenters. The molecule has 0 saturated heterocycles. The van der Waals surface area contributed by atoms with Crippen molar-refractivity contribution in [3.8, 4) is 23.0 Å². The van der Waals surface area contributed by atoms with Crippen LogP contribution in [0.2, 0.25) is 0 Å². The van der Waals surface area contributed by atoms with Gasteiger partial charge < -0.3 is 13.9 Å². The van der Waals surface area contributed by atoms with Crippen molar-refractivity contribution >= 4 is 17.5 Å². The maximum Gasteiger partial charge on any atom is 0.277 e. The summed E-state index contributed by atoms with van der Waals surface area (Å²) in [6.07, 6.45) is 0. The first-order valence-corrected chi connectivity index (χ1v) is 9.29. The monoisotopic (exact) mass is 384 g/mol. The summed E-state index contributed by atoms with van der Waals surface area (Å²) in [4.78, 5) is 12.4. The Morgan fingerprint density at radius 3 is 2.33 bits per heavy atom. The van der Waals surface area contributed by atoms with Crippen LogP contribution in [0.25, 0.3) is 11.5 Å². The van der Waals surface area contributed by atoms with E-state index >= 15 is 0 Å². The Bertz CT molecular complexity index is 946. The third kappa shape index (κ3) is 4.49. The fourth-order valence-corrected chi connectivity index (χ4v) is 3.10. The molecule has 3 rings (SSSR count). The number of carbonyl (C=O) groups excluding carboxylic acids is 1. The van der Waals surface area contributed by atoms with Crippen LogP contribution in [0, 0.1) is 13.8 Å². The van der Waals surface area contributed by atoms with E-state index in [1.54, 1.807) is 32.4 Å². The lowest BCUT2D eigenvalue weighted by Crippen LogP contribution is -2.03. The zero-order chi connectivity index (χ0) is 19.4. The number of Topliss-reactive ketones (excluding diaryl/α,β-unsaturated/α-hetero) is 1. The molecule has 0 saturated carbocycles. The highest BCUT2D eigenvalue weighted by Crippen LogP contribution is 2.30. The van der Waals surface area contributed by atoms with Crippen LogP contribution in [-0.4, -0.2) is 36.0 Å². The molecule has 0 amide bonds. The molecule has 27 heavy (non-hydrogen) atoms. The van der Waals surface area contributed by atoms with Gasteiger partial charge in [-0.25, -0.2) is 0 Å². The van der Waals surface area contributed by atoms with E-state index in [2.05, 4.69) is 10.2 Å². The van der Waals surface area contributed by atoms with E-state index in [0.717, 1.165) is 11.1 Å². The number of thioether (sulfide) groups is 1. The molecule has 6 nitrogen and oxygen atoms in total. The Hall–Kier alpha value is -2.80. The van der Waals surface area contributed by atoms with Crippen LogP contribution in [0.5, 0.6) is 11.5 Å². The van der Waals surface area contributed by atoms with Gasteiger partial charge in [-0.15, -0.1) is 10.2 Å². The second-order valence-electron chi connectivity index (χ2n) is 5.99. The molecule has 0 aliphatic carbocycles. The standard InChI is InChI=1S/C20H20N2O4S/c1-12-5-6-14(7-13(12)2)18(23)11-27-20-22-21-19(26-20)15-8-16(24-3)10-17(9-15)25-4/h5-10H,11H2,1-4H3. The molecule has 140 valence electrons. The second-order valence-corrected chi connectivity index (χ2v) is 6.91. The van der Waals surface area contributed by atoms with E-state index in [1.165, 1.54) is 11.8 Å². The van der Waals surface area contributed by atoms with Crippen molar-refractivity contribution in [3.05, 3.63) is 53.1 Å². The number of aryl methyl sites for hydroxylation is 2. The molecular weight excluding hydrogens is 364 g/mol. The van der Waals surface area contributed by atoms with Crippen LogP contribution in [0.3, 0.4) is 0 Å². The van der Waals surface area contributed by atoms with Crippen molar-refractivity contribution in [2.75, 3.05) is 20.0 Å². The van der Waals surface area contributed by atoms with Gasteiger partial charge >= 0.3 is 0 Å². The van der Waals surface area contributed by atoms with E-state index in [9.17, 15) is 4.79 Å². The highest BCUT2D eigenvalue weighted by atomic mass is 32.2. The second kappa shape index (κ2) is 8.26. The van der Waals surface area contributed by atoms with Crippen LogP contribution in [0.1, 0.15) is 21.5 Å². The van der Waals surface area contributed by atoms with Crippen LogP contribution < -0.4 is 9.47 Å². The van der Waals surface area contributed by atoms with Crippen molar-refractivity contribution in [2.45, 2.75) is 19.1 Å². The number of hydrogen-bond acceptors (Lipinski definition) is 7. The lowest BCUT2D eigenvalue weighted by atomic mass is 10.0. The normalized spacial score (nSPS) is 10.7. The molecule has 0 fully saturated rings. The fraction of sp³-hybridized carbons (Fsp3) is 0.250. The Balaban J connectivity index is 1.71. The van der Waals surface area contributed by atoms with Crippen LogP contribution in [0.15, 0.2) is 46.0 Å². The SMILES string of the molecule is COc1cc(OC)cc(-c2nnc(SCC(=O)c3ccc(C)c(C)c3)o2)c1. The molecule has 1 aromatic heterocycles. The number of ketones is 1. The minimum Gasteiger partial charge on any atom is -0.497 e. The molecule has 1 heterocycles. The molecule has 2 aromatic carbocycles. The van der Waals surface area contributed by atoms with E-state index in [-0.39, 0.29) is 11.5 Å². The predicted octanol–water partition coefficient (Wildman–Crippen LogP) is 4.35. The molecule has 0 spiro atoms. The van der Waals surface area contributed by atoms with E-state index < -0.39 is 0 Å². The van der Waals surface area contributed by atoms with Crippen molar-refractivity contribution in [3.63, 3.8) is 0 Å². The summed E-state index contributed by atoms with van der Waals surface area (Å²) in [6.45, 7) is 4.01. The first-order chi connectivity index (χ1) is 13.0. The number of nitrogens with zero attached hydrogens (tertiary/aromatic N) is 2. The van der Waals surface area contributed by atoms with Gasteiger partial charge in [0, 0.05) is 17.2 Å². The number of rotatable bonds is 7. The Kier molecular flexibility index (Phi) is 5.81.